The van der Waals surface area contributed by atoms with Gasteiger partial charge < -0.3 is 19.3 Å². The molecule has 2 atom stereocenters. The van der Waals surface area contributed by atoms with E-state index in [0.29, 0.717) is 18.1 Å². The van der Waals surface area contributed by atoms with E-state index in [2.05, 4.69) is 5.16 Å². The standard InChI is InChI=1S/C13H16N2O5/c1-19-8-4-10(13(17)18)15(6-8)12(16)9-5-11(20-14-9)7-2-3-7/h5,7-8,10H,2-4,6H2,1H3,(H,17,18)/t8-,10-/m1/s1. The van der Waals surface area contributed by atoms with Gasteiger partial charge in [0.2, 0.25) is 0 Å². The van der Waals surface area contributed by atoms with Crippen LogP contribution in [0.15, 0.2) is 10.6 Å². The van der Waals surface area contributed by atoms with Gasteiger partial charge in [-0.2, -0.15) is 0 Å². The van der Waals surface area contributed by atoms with Crippen LogP contribution in [0.3, 0.4) is 0 Å². The number of likely N-dealkylation sites (tertiary alicyclic amines) is 1. The summed E-state index contributed by atoms with van der Waals surface area (Å²) in [6.45, 7) is 0.262. The minimum absolute atomic E-state index is 0.176. The Bertz CT molecular complexity index is 537. The molecule has 1 saturated heterocycles. The fraction of sp³-hybridized carbons (Fsp3) is 0.615. The van der Waals surface area contributed by atoms with Gasteiger partial charge in [0, 0.05) is 32.1 Å². The van der Waals surface area contributed by atoms with Crippen molar-refractivity contribution in [3.05, 3.63) is 17.5 Å². The first-order valence-electron chi connectivity index (χ1n) is 6.63. The summed E-state index contributed by atoms with van der Waals surface area (Å²) in [6.07, 6.45) is 2.15. The Morgan fingerprint density at radius 2 is 2.25 bits per heavy atom. The van der Waals surface area contributed by atoms with Crippen LogP contribution in [0.2, 0.25) is 0 Å². The van der Waals surface area contributed by atoms with Crippen LogP contribution in [0, 0.1) is 0 Å². The number of ether oxygens (including phenoxy) is 1. The summed E-state index contributed by atoms with van der Waals surface area (Å²) in [5.74, 6) is -0.358. The molecule has 108 valence electrons. The average molecular weight is 280 g/mol. The normalized spacial score (nSPS) is 25.9. The number of carbonyl (C=O) groups excluding carboxylic acids is 1. The highest BCUT2D eigenvalue weighted by Crippen LogP contribution is 2.40. The van der Waals surface area contributed by atoms with E-state index in [-0.39, 0.29) is 18.3 Å². The zero-order chi connectivity index (χ0) is 14.3. The van der Waals surface area contributed by atoms with Gasteiger partial charge in [-0.15, -0.1) is 0 Å². The maximum Gasteiger partial charge on any atom is 0.326 e. The highest BCUT2D eigenvalue weighted by Gasteiger charge is 2.41. The smallest absolute Gasteiger partial charge is 0.326 e. The lowest BCUT2D eigenvalue weighted by Gasteiger charge is -2.19. The molecule has 1 saturated carbocycles. The van der Waals surface area contributed by atoms with Crippen LogP contribution < -0.4 is 0 Å². The number of rotatable bonds is 4. The molecule has 1 aliphatic heterocycles. The SMILES string of the molecule is CO[C@@H]1C[C@H](C(=O)O)N(C(=O)c2cc(C3CC3)on2)C1. The summed E-state index contributed by atoms with van der Waals surface area (Å²) in [4.78, 5) is 24.9. The lowest BCUT2D eigenvalue weighted by atomic mass is 10.2. The molecule has 0 aromatic carbocycles. The highest BCUT2D eigenvalue weighted by atomic mass is 16.5. The Kier molecular flexibility index (Phi) is 3.21. The van der Waals surface area contributed by atoms with Crippen molar-refractivity contribution in [2.75, 3.05) is 13.7 Å². The Labute approximate surface area is 115 Å². The Morgan fingerprint density at radius 1 is 1.50 bits per heavy atom. The molecule has 20 heavy (non-hydrogen) atoms. The lowest BCUT2D eigenvalue weighted by Crippen LogP contribution is -2.40. The number of nitrogens with zero attached hydrogens (tertiary/aromatic N) is 2. The number of carboxylic acid groups (broad SMARTS) is 1. The van der Waals surface area contributed by atoms with Gasteiger partial charge in [-0.3, -0.25) is 4.79 Å². The second-order valence-corrected chi connectivity index (χ2v) is 5.29. The van der Waals surface area contributed by atoms with Crippen molar-refractivity contribution in [3.8, 4) is 0 Å². The molecule has 2 heterocycles. The third-order valence-electron chi connectivity index (χ3n) is 3.87. The predicted molar refractivity (Wildman–Crippen MR) is 66.4 cm³/mol. The maximum absolute atomic E-state index is 12.4. The van der Waals surface area contributed by atoms with Crippen molar-refractivity contribution in [2.45, 2.75) is 37.3 Å². The van der Waals surface area contributed by atoms with Crippen LogP contribution in [0.25, 0.3) is 0 Å². The van der Waals surface area contributed by atoms with Crippen molar-refractivity contribution >= 4 is 11.9 Å². The van der Waals surface area contributed by atoms with Gasteiger partial charge in [-0.25, -0.2) is 4.79 Å². The minimum Gasteiger partial charge on any atom is -0.480 e. The summed E-state index contributed by atoms with van der Waals surface area (Å²) in [6, 6.07) is 0.757. The monoisotopic (exact) mass is 280 g/mol. The molecule has 0 spiro atoms. The Balaban J connectivity index is 1.78. The summed E-state index contributed by atoms with van der Waals surface area (Å²) >= 11 is 0. The molecule has 2 aliphatic rings. The van der Waals surface area contributed by atoms with Crippen LogP contribution in [0.4, 0.5) is 0 Å². The van der Waals surface area contributed by atoms with E-state index in [1.54, 1.807) is 6.07 Å². The average Bonchev–Trinajstić information content (AvgIpc) is 3.02. The van der Waals surface area contributed by atoms with E-state index in [4.69, 9.17) is 9.26 Å². The molecular formula is C13H16N2O5. The summed E-state index contributed by atoms with van der Waals surface area (Å²) < 4.78 is 10.3. The molecule has 2 fully saturated rings. The molecule has 7 nitrogen and oxygen atoms in total. The van der Waals surface area contributed by atoms with Gasteiger partial charge in [0.1, 0.15) is 11.8 Å². The number of amides is 1. The van der Waals surface area contributed by atoms with E-state index in [1.807, 2.05) is 0 Å². The first kappa shape index (κ1) is 13.1. The quantitative estimate of drug-likeness (QED) is 0.879. The molecule has 0 bridgehead atoms. The number of carbonyl (C=O) groups is 2. The largest absolute Gasteiger partial charge is 0.480 e. The molecule has 0 unspecified atom stereocenters. The number of aromatic nitrogens is 1. The van der Waals surface area contributed by atoms with Gasteiger partial charge in [-0.1, -0.05) is 5.16 Å². The molecule has 0 radical (unpaired) electrons. The topological polar surface area (TPSA) is 92.9 Å². The number of carboxylic acids is 1. The number of hydrogen-bond donors (Lipinski definition) is 1. The van der Waals surface area contributed by atoms with Crippen molar-refractivity contribution in [3.63, 3.8) is 0 Å². The first-order valence-corrected chi connectivity index (χ1v) is 6.63. The summed E-state index contributed by atoms with van der Waals surface area (Å²) in [5.41, 5.74) is 0.176. The molecule has 1 aromatic heterocycles. The Morgan fingerprint density at radius 3 is 2.85 bits per heavy atom. The third-order valence-corrected chi connectivity index (χ3v) is 3.87. The van der Waals surface area contributed by atoms with Gasteiger partial charge >= 0.3 is 5.97 Å². The summed E-state index contributed by atoms with van der Waals surface area (Å²) in [5, 5.41) is 13.0. The van der Waals surface area contributed by atoms with Gasteiger partial charge in [0.25, 0.3) is 5.91 Å². The molecule has 7 heteroatoms. The van der Waals surface area contributed by atoms with E-state index in [0.717, 1.165) is 12.8 Å². The molecule has 1 aromatic rings. The van der Waals surface area contributed by atoms with E-state index in [9.17, 15) is 14.7 Å². The second kappa shape index (κ2) is 4.90. The number of hydrogen-bond acceptors (Lipinski definition) is 5. The van der Waals surface area contributed by atoms with Crippen molar-refractivity contribution in [1.29, 1.82) is 0 Å². The van der Waals surface area contributed by atoms with E-state index >= 15 is 0 Å². The number of methoxy groups -OCH3 is 1. The zero-order valence-electron chi connectivity index (χ0n) is 11.1. The third kappa shape index (κ3) is 2.29. The van der Waals surface area contributed by atoms with Crippen molar-refractivity contribution in [1.82, 2.24) is 10.1 Å². The van der Waals surface area contributed by atoms with Crippen molar-refractivity contribution in [2.24, 2.45) is 0 Å². The minimum atomic E-state index is -1.02. The van der Waals surface area contributed by atoms with E-state index in [1.165, 1.54) is 12.0 Å². The molecule has 1 amide bonds. The maximum atomic E-state index is 12.4. The van der Waals surface area contributed by atoms with Crippen LogP contribution in [-0.4, -0.2) is 52.8 Å². The zero-order valence-corrected chi connectivity index (χ0v) is 11.1. The molecule has 3 rings (SSSR count). The molecule has 1 aliphatic carbocycles. The van der Waals surface area contributed by atoms with E-state index < -0.39 is 17.9 Å². The van der Waals surface area contributed by atoms with Crippen LogP contribution >= 0.6 is 0 Å². The van der Waals surface area contributed by atoms with Crippen molar-refractivity contribution < 1.29 is 24.0 Å². The molecular weight excluding hydrogens is 264 g/mol. The van der Waals surface area contributed by atoms with Crippen LogP contribution in [-0.2, 0) is 9.53 Å². The van der Waals surface area contributed by atoms with Gasteiger partial charge in [0.15, 0.2) is 5.69 Å². The first-order chi connectivity index (χ1) is 9.60. The number of aliphatic carboxylic acids is 1. The van der Waals surface area contributed by atoms with Crippen LogP contribution in [0.5, 0.6) is 0 Å². The van der Waals surface area contributed by atoms with Gasteiger partial charge in [-0.05, 0) is 12.8 Å². The fourth-order valence-corrected chi connectivity index (χ4v) is 2.52. The van der Waals surface area contributed by atoms with Crippen LogP contribution in [0.1, 0.15) is 41.4 Å². The molecule has 1 N–H and O–H groups in total. The Hall–Kier alpha value is -1.89. The summed E-state index contributed by atoms with van der Waals surface area (Å²) in [7, 11) is 1.51. The fourth-order valence-electron chi connectivity index (χ4n) is 2.52. The highest BCUT2D eigenvalue weighted by molar-refractivity contribution is 5.95. The predicted octanol–water partition coefficient (Wildman–Crippen LogP) is 0.866. The second-order valence-electron chi connectivity index (χ2n) is 5.29. The lowest BCUT2D eigenvalue weighted by molar-refractivity contribution is -0.141. The van der Waals surface area contributed by atoms with Gasteiger partial charge in [0.05, 0.1) is 6.10 Å².